The Balaban J connectivity index is 0. The highest BCUT2D eigenvalue weighted by atomic mass is 32.1. The van der Waals surface area contributed by atoms with Gasteiger partial charge in [0.2, 0.25) is 0 Å². The summed E-state index contributed by atoms with van der Waals surface area (Å²) in [4.78, 5) is 10.2. The second-order valence-corrected chi connectivity index (χ2v) is 3.20. The zero-order chi connectivity index (χ0) is 9.82. The number of aldehydes is 1. The quantitative estimate of drug-likeness (QED) is 0.504. The van der Waals surface area contributed by atoms with Crippen LogP contribution in [0.3, 0.4) is 0 Å². The molecule has 0 saturated carbocycles. The number of thiocarbonyl (C=S) groups is 2. The van der Waals surface area contributed by atoms with Crippen LogP contribution in [0.15, 0.2) is 0 Å². The molecule has 0 saturated heterocycles. The first kappa shape index (κ1) is 14.4. The van der Waals surface area contributed by atoms with Crippen molar-refractivity contribution in [1.82, 2.24) is 0 Å². The summed E-state index contributed by atoms with van der Waals surface area (Å²) < 4.78 is 1.92. The molecule has 0 aliphatic heterocycles. The third kappa shape index (κ3) is 12.6. The summed E-state index contributed by atoms with van der Waals surface area (Å²) in [6.07, 6.45) is 5.55. The van der Waals surface area contributed by atoms with Gasteiger partial charge in [-0.05, 0) is 37.3 Å². The topological polar surface area (TPSA) is 17.1 Å². The van der Waals surface area contributed by atoms with Crippen LogP contribution in [0.25, 0.3) is 0 Å². The first-order chi connectivity index (χ1) is 5.76. The molecule has 12 heavy (non-hydrogen) atoms. The van der Waals surface area contributed by atoms with Crippen molar-refractivity contribution in [2.75, 3.05) is 0 Å². The fraction of sp³-hybridized carbons (Fsp3) is 0.778. The van der Waals surface area contributed by atoms with Gasteiger partial charge in [0.25, 0.3) is 0 Å². The minimum absolute atomic E-state index is 0.324. The molecule has 0 spiro atoms. The van der Waals surface area contributed by atoms with Crippen molar-refractivity contribution in [1.29, 1.82) is 0 Å². The predicted molar refractivity (Wildman–Crippen MR) is 59.6 cm³/mol. The first-order valence-corrected chi connectivity index (χ1v) is 5.02. The number of unbranched alkanes of at least 4 members (excludes halogenated alkanes) is 1. The van der Waals surface area contributed by atoms with Gasteiger partial charge in [0.1, 0.15) is 6.29 Å². The van der Waals surface area contributed by atoms with E-state index < -0.39 is 0 Å². The lowest BCUT2D eigenvalue weighted by Crippen LogP contribution is -1.98. The van der Waals surface area contributed by atoms with Crippen LogP contribution in [-0.4, -0.2) is 10.6 Å². The van der Waals surface area contributed by atoms with E-state index >= 15 is 0 Å². The number of rotatable bonds is 5. The molecule has 0 bridgehead atoms. The van der Waals surface area contributed by atoms with Crippen LogP contribution in [-0.2, 0) is 4.79 Å². The average Bonchev–Trinajstić information content (AvgIpc) is 2.08. The summed E-state index contributed by atoms with van der Waals surface area (Å²) >= 11 is 7.92. The fourth-order valence-corrected chi connectivity index (χ4v) is 0.835. The van der Waals surface area contributed by atoms with Crippen LogP contribution in [0.5, 0.6) is 0 Å². The molecular weight excluding hydrogens is 188 g/mol. The maximum Gasteiger partial charge on any atom is 0.123 e. The Labute approximate surface area is 85.5 Å². The van der Waals surface area contributed by atoms with Gasteiger partial charge in [0, 0.05) is 10.2 Å². The third-order valence-electron chi connectivity index (χ3n) is 1.65. The zero-order valence-electron chi connectivity index (χ0n) is 7.71. The van der Waals surface area contributed by atoms with Gasteiger partial charge in [0.05, 0.1) is 0 Å². The van der Waals surface area contributed by atoms with Gasteiger partial charge in [0.15, 0.2) is 0 Å². The van der Waals surface area contributed by atoms with Crippen LogP contribution in [0.2, 0.25) is 0 Å². The molecule has 0 aromatic heterocycles. The Bertz CT molecular complexity index is 128. The predicted octanol–water partition coefficient (Wildman–Crippen LogP) is 3.42. The van der Waals surface area contributed by atoms with Gasteiger partial charge in [-0.25, -0.2) is 0 Å². The lowest BCUT2D eigenvalue weighted by molar-refractivity contribution is -0.111. The largest absolute Gasteiger partial charge is 0.303 e. The van der Waals surface area contributed by atoms with Crippen molar-refractivity contribution in [3.05, 3.63) is 0 Å². The van der Waals surface area contributed by atoms with Crippen molar-refractivity contribution in [2.45, 2.75) is 39.5 Å². The zero-order valence-corrected chi connectivity index (χ0v) is 9.34. The number of hydrogen-bond acceptors (Lipinski definition) is 3. The molecule has 1 atom stereocenters. The highest BCUT2D eigenvalue weighted by molar-refractivity contribution is 7.93. The van der Waals surface area contributed by atoms with E-state index in [-0.39, 0.29) is 0 Å². The average molecular weight is 204 g/mol. The van der Waals surface area contributed by atoms with E-state index in [0.29, 0.717) is 5.92 Å². The van der Waals surface area contributed by atoms with E-state index in [4.69, 9.17) is 0 Å². The van der Waals surface area contributed by atoms with E-state index in [1.807, 2.05) is 4.31 Å². The van der Waals surface area contributed by atoms with Crippen molar-refractivity contribution >= 4 is 35.0 Å². The van der Waals surface area contributed by atoms with Crippen LogP contribution in [0.1, 0.15) is 39.5 Å². The Kier molecular flexibility index (Phi) is 16.2. The Morgan fingerprint density at radius 2 is 1.92 bits per heavy atom. The Morgan fingerprint density at radius 3 is 2.17 bits per heavy atom. The highest BCUT2D eigenvalue weighted by Gasteiger charge is 2.01. The van der Waals surface area contributed by atoms with E-state index in [0.717, 1.165) is 19.1 Å². The molecule has 0 amide bonds. The van der Waals surface area contributed by atoms with Crippen molar-refractivity contribution in [2.24, 2.45) is 5.92 Å². The summed E-state index contributed by atoms with van der Waals surface area (Å²) in [6.45, 7) is 4.21. The second-order valence-electron chi connectivity index (χ2n) is 2.53. The van der Waals surface area contributed by atoms with Crippen molar-refractivity contribution in [3.63, 3.8) is 0 Å². The highest BCUT2D eigenvalue weighted by Crippen LogP contribution is 2.08. The van der Waals surface area contributed by atoms with E-state index in [9.17, 15) is 4.79 Å². The lowest BCUT2D eigenvalue weighted by atomic mass is 10.0. The van der Waals surface area contributed by atoms with Crippen molar-refractivity contribution in [3.8, 4) is 0 Å². The maximum absolute atomic E-state index is 10.2. The van der Waals surface area contributed by atoms with Gasteiger partial charge in [-0.1, -0.05) is 26.7 Å². The molecule has 0 rings (SSSR count). The molecular formula is C9H16OS2. The maximum atomic E-state index is 10.2. The minimum atomic E-state index is 0.324. The van der Waals surface area contributed by atoms with Crippen LogP contribution in [0.4, 0.5) is 0 Å². The van der Waals surface area contributed by atoms with Crippen LogP contribution < -0.4 is 0 Å². The summed E-state index contributed by atoms with van der Waals surface area (Å²) in [6, 6.07) is 0. The fourth-order valence-electron chi connectivity index (χ4n) is 0.835. The SMILES string of the molecule is CCCCC(C=O)CC.S=C=S. The Hall–Kier alpha value is -0.110. The van der Waals surface area contributed by atoms with Gasteiger partial charge >= 0.3 is 0 Å². The van der Waals surface area contributed by atoms with Gasteiger partial charge in [-0.15, -0.1) is 0 Å². The number of carbonyl (C=O) groups is 1. The molecule has 0 aliphatic rings. The summed E-state index contributed by atoms with van der Waals surface area (Å²) in [5.74, 6) is 0.324. The molecule has 0 heterocycles. The van der Waals surface area contributed by atoms with Gasteiger partial charge in [-0.2, -0.15) is 0 Å². The minimum Gasteiger partial charge on any atom is -0.303 e. The summed E-state index contributed by atoms with van der Waals surface area (Å²) in [5, 5.41) is 0. The second kappa shape index (κ2) is 13.5. The molecule has 3 heteroatoms. The molecule has 1 nitrogen and oxygen atoms in total. The molecule has 1 unspecified atom stereocenters. The first-order valence-electron chi connectivity index (χ1n) is 4.21. The number of carbonyl (C=O) groups excluding carboxylic acids is 1. The smallest absolute Gasteiger partial charge is 0.123 e. The standard InChI is InChI=1S/C8H16O.CS2/c1-3-5-6-8(4-2)7-9;2-1-3/h7-8H,3-6H2,1-2H3;. The van der Waals surface area contributed by atoms with Gasteiger partial charge in [-0.3, -0.25) is 0 Å². The molecule has 0 aliphatic carbocycles. The van der Waals surface area contributed by atoms with Gasteiger partial charge < -0.3 is 4.79 Å². The Morgan fingerprint density at radius 1 is 1.42 bits per heavy atom. The van der Waals surface area contributed by atoms with Crippen molar-refractivity contribution < 1.29 is 4.79 Å². The molecule has 0 aromatic carbocycles. The van der Waals surface area contributed by atoms with Crippen LogP contribution in [0, 0.1) is 5.92 Å². The molecule has 0 fully saturated rings. The third-order valence-corrected chi connectivity index (χ3v) is 1.65. The number of hydrogen-bond donors (Lipinski definition) is 0. The molecule has 0 radical (unpaired) electrons. The summed E-state index contributed by atoms with van der Waals surface area (Å²) in [5.41, 5.74) is 0. The monoisotopic (exact) mass is 204 g/mol. The van der Waals surface area contributed by atoms with E-state index in [1.54, 1.807) is 0 Å². The van der Waals surface area contributed by atoms with E-state index in [2.05, 4.69) is 38.3 Å². The molecule has 0 N–H and O–H groups in total. The lowest BCUT2D eigenvalue weighted by Gasteiger charge is -2.03. The molecule has 0 aromatic rings. The summed E-state index contributed by atoms with van der Waals surface area (Å²) in [7, 11) is 0. The van der Waals surface area contributed by atoms with Crippen LogP contribution >= 0.6 is 24.4 Å². The normalized spacial score (nSPS) is 10.5. The van der Waals surface area contributed by atoms with E-state index in [1.165, 1.54) is 12.8 Å². The molecule has 70 valence electrons.